The first-order valence-corrected chi connectivity index (χ1v) is 10.1. The summed E-state index contributed by atoms with van der Waals surface area (Å²) in [5.41, 5.74) is 0. The standard InChI is InChI=1S/C21H36O/c1-2-17-8-12-19(13-9-17)20-14-10-18(11-15-20)16-22-21-6-4-3-5-7-21/h2,17-21H,1,3-16H2. The van der Waals surface area contributed by atoms with Crippen molar-refractivity contribution in [2.75, 3.05) is 6.61 Å². The number of ether oxygens (including phenoxy) is 1. The Balaban J connectivity index is 1.33. The van der Waals surface area contributed by atoms with Crippen molar-refractivity contribution >= 4 is 0 Å². The Kier molecular flexibility index (Phi) is 6.41. The van der Waals surface area contributed by atoms with Gasteiger partial charge in [0.15, 0.2) is 0 Å². The quantitative estimate of drug-likeness (QED) is 0.555. The molecule has 0 spiro atoms. The molecule has 0 saturated heterocycles. The average Bonchev–Trinajstić information content (AvgIpc) is 2.61. The Bertz CT molecular complexity index is 315. The summed E-state index contributed by atoms with van der Waals surface area (Å²) in [7, 11) is 0. The van der Waals surface area contributed by atoms with Crippen LogP contribution in [0.3, 0.4) is 0 Å². The smallest absolute Gasteiger partial charge is 0.0575 e. The molecule has 3 fully saturated rings. The van der Waals surface area contributed by atoms with Crippen molar-refractivity contribution in [3.63, 3.8) is 0 Å². The van der Waals surface area contributed by atoms with Gasteiger partial charge in [0.1, 0.15) is 0 Å². The van der Waals surface area contributed by atoms with Gasteiger partial charge in [-0.2, -0.15) is 0 Å². The highest BCUT2D eigenvalue weighted by atomic mass is 16.5. The van der Waals surface area contributed by atoms with Crippen molar-refractivity contribution in [1.82, 2.24) is 0 Å². The van der Waals surface area contributed by atoms with E-state index in [0.29, 0.717) is 6.10 Å². The van der Waals surface area contributed by atoms with Crippen molar-refractivity contribution in [3.8, 4) is 0 Å². The lowest BCUT2D eigenvalue weighted by molar-refractivity contribution is -0.00493. The maximum Gasteiger partial charge on any atom is 0.0575 e. The number of rotatable bonds is 5. The molecule has 0 amide bonds. The van der Waals surface area contributed by atoms with E-state index in [9.17, 15) is 0 Å². The molecule has 0 aromatic carbocycles. The molecule has 3 aliphatic carbocycles. The van der Waals surface area contributed by atoms with E-state index in [0.717, 1.165) is 30.3 Å². The third kappa shape index (κ3) is 4.60. The molecule has 0 heterocycles. The topological polar surface area (TPSA) is 9.23 Å². The Labute approximate surface area is 137 Å². The van der Waals surface area contributed by atoms with Crippen molar-refractivity contribution in [2.24, 2.45) is 23.7 Å². The van der Waals surface area contributed by atoms with Gasteiger partial charge in [0.25, 0.3) is 0 Å². The van der Waals surface area contributed by atoms with Gasteiger partial charge >= 0.3 is 0 Å². The monoisotopic (exact) mass is 304 g/mol. The largest absolute Gasteiger partial charge is 0.378 e. The second kappa shape index (κ2) is 8.52. The van der Waals surface area contributed by atoms with Crippen LogP contribution in [0.4, 0.5) is 0 Å². The van der Waals surface area contributed by atoms with E-state index in [4.69, 9.17) is 4.74 Å². The minimum Gasteiger partial charge on any atom is -0.378 e. The summed E-state index contributed by atoms with van der Waals surface area (Å²) in [5.74, 6) is 3.73. The number of allylic oxidation sites excluding steroid dienone is 1. The Morgan fingerprint density at radius 1 is 0.727 bits per heavy atom. The van der Waals surface area contributed by atoms with Gasteiger partial charge in [-0.15, -0.1) is 6.58 Å². The second-order valence-corrected chi connectivity index (χ2v) is 8.28. The van der Waals surface area contributed by atoms with E-state index >= 15 is 0 Å². The lowest BCUT2D eigenvalue weighted by Crippen LogP contribution is -2.28. The molecule has 1 heteroatoms. The number of hydrogen-bond acceptors (Lipinski definition) is 1. The summed E-state index contributed by atoms with van der Waals surface area (Å²) in [6.45, 7) is 5.03. The SMILES string of the molecule is C=CC1CCC(C2CCC(COC3CCCCC3)CC2)CC1. The molecule has 0 aromatic heterocycles. The van der Waals surface area contributed by atoms with E-state index in [1.54, 1.807) is 0 Å². The summed E-state index contributed by atoms with van der Waals surface area (Å²) in [6, 6.07) is 0. The van der Waals surface area contributed by atoms with Crippen LogP contribution in [-0.2, 0) is 4.74 Å². The summed E-state index contributed by atoms with van der Waals surface area (Å²) >= 11 is 0. The van der Waals surface area contributed by atoms with Crippen molar-refractivity contribution in [2.45, 2.75) is 89.6 Å². The van der Waals surface area contributed by atoms with Crippen LogP contribution in [0.15, 0.2) is 12.7 Å². The third-order valence-corrected chi connectivity index (χ3v) is 6.83. The minimum atomic E-state index is 0.598. The van der Waals surface area contributed by atoms with Crippen LogP contribution in [-0.4, -0.2) is 12.7 Å². The molecule has 3 rings (SSSR count). The zero-order valence-corrected chi connectivity index (χ0v) is 14.5. The van der Waals surface area contributed by atoms with Crippen LogP contribution in [0.25, 0.3) is 0 Å². The van der Waals surface area contributed by atoms with Gasteiger partial charge in [0.2, 0.25) is 0 Å². The predicted octanol–water partition coefficient (Wildman–Crippen LogP) is 6.13. The highest BCUT2D eigenvalue weighted by Crippen LogP contribution is 2.41. The summed E-state index contributed by atoms with van der Waals surface area (Å²) in [5, 5.41) is 0. The Morgan fingerprint density at radius 2 is 1.32 bits per heavy atom. The van der Waals surface area contributed by atoms with E-state index < -0.39 is 0 Å². The summed E-state index contributed by atoms with van der Waals surface area (Å²) in [4.78, 5) is 0. The van der Waals surface area contributed by atoms with Gasteiger partial charge in [0, 0.05) is 6.61 Å². The van der Waals surface area contributed by atoms with Gasteiger partial charge in [-0.1, -0.05) is 25.3 Å². The molecule has 1 nitrogen and oxygen atoms in total. The Hall–Kier alpha value is -0.300. The first-order valence-electron chi connectivity index (χ1n) is 10.1. The molecule has 126 valence electrons. The predicted molar refractivity (Wildman–Crippen MR) is 93.9 cm³/mol. The van der Waals surface area contributed by atoms with E-state index in [1.807, 2.05) is 0 Å². The lowest BCUT2D eigenvalue weighted by atomic mass is 9.69. The molecule has 3 saturated carbocycles. The van der Waals surface area contributed by atoms with E-state index in [2.05, 4.69) is 12.7 Å². The van der Waals surface area contributed by atoms with Crippen LogP contribution in [0, 0.1) is 23.7 Å². The maximum atomic E-state index is 6.22. The summed E-state index contributed by atoms with van der Waals surface area (Å²) < 4.78 is 6.22. The highest BCUT2D eigenvalue weighted by molar-refractivity contribution is 4.87. The highest BCUT2D eigenvalue weighted by Gasteiger charge is 2.30. The molecular weight excluding hydrogens is 268 g/mol. The molecule has 0 radical (unpaired) electrons. The lowest BCUT2D eigenvalue weighted by Gasteiger charge is -2.37. The molecular formula is C21H36O. The molecule has 3 aliphatic rings. The molecule has 0 aliphatic heterocycles. The van der Waals surface area contributed by atoms with Crippen LogP contribution in [0.2, 0.25) is 0 Å². The molecule has 0 atom stereocenters. The van der Waals surface area contributed by atoms with E-state index in [-0.39, 0.29) is 0 Å². The molecule has 0 bridgehead atoms. The van der Waals surface area contributed by atoms with Crippen molar-refractivity contribution in [1.29, 1.82) is 0 Å². The van der Waals surface area contributed by atoms with Crippen molar-refractivity contribution < 1.29 is 4.74 Å². The normalized spacial score (nSPS) is 37.8. The van der Waals surface area contributed by atoms with Crippen LogP contribution >= 0.6 is 0 Å². The fourth-order valence-corrected chi connectivity index (χ4v) is 5.18. The fourth-order valence-electron chi connectivity index (χ4n) is 5.18. The zero-order valence-electron chi connectivity index (χ0n) is 14.5. The molecule has 0 aromatic rings. The minimum absolute atomic E-state index is 0.598. The van der Waals surface area contributed by atoms with Gasteiger partial charge < -0.3 is 4.74 Å². The Morgan fingerprint density at radius 3 is 1.91 bits per heavy atom. The molecule has 22 heavy (non-hydrogen) atoms. The first-order chi connectivity index (χ1) is 10.8. The number of hydrogen-bond donors (Lipinski definition) is 0. The van der Waals surface area contributed by atoms with E-state index in [1.165, 1.54) is 83.5 Å². The molecule has 0 unspecified atom stereocenters. The van der Waals surface area contributed by atoms with Gasteiger partial charge in [-0.3, -0.25) is 0 Å². The van der Waals surface area contributed by atoms with Crippen LogP contribution in [0.1, 0.15) is 83.5 Å². The van der Waals surface area contributed by atoms with Gasteiger partial charge in [-0.25, -0.2) is 0 Å². The first kappa shape index (κ1) is 16.6. The average molecular weight is 305 g/mol. The van der Waals surface area contributed by atoms with Crippen LogP contribution < -0.4 is 0 Å². The van der Waals surface area contributed by atoms with Crippen LogP contribution in [0.5, 0.6) is 0 Å². The maximum absolute atomic E-state index is 6.22. The zero-order chi connectivity index (χ0) is 15.2. The molecule has 0 N–H and O–H groups in total. The summed E-state index contributed by atoms with van der Waals surface area (Å²) in [6.07, 6.45) is 21.2. The third-order valence-electron chi connectivity index (χ3n) is 6.83. The van der Waals surface area contributed by atoms with Gasteiger partial charge in [0.05, 0.1) is 6.10 Å². The second-order valence-electron chi connectivity index (χ2n) is 8.28. The van der Waals surface area contributed by atoms with Crippen molar-refractivity contribution in [3.05, 3.63) is 12.7 Å². The fraction of sp³-hybridized carbons (Fsp3) is 0.905. The van der Waals surface area contributed by atoms with Gasteiger partial charge in [-0.05, 0) is 87.9 Å².